The van der Waals surface area contributed by atoms with Crippen LogP contribution in [0, 0.1) is 0 Å². The van der Waals surface area contributed by atoms with Gasteiger partial charge in [-0.05, 0) is 31.0 Å². The molecule has 0 amide bonds. The fourth-order valence-electron chi connectivity index (χ4n) is 1.87. The minimum absolute atomic E-state index is 0.291. The second-order valence-electron chi connectivity index (χ2n) is 3.95. The second-order valence-corrected chi connectivity index (χ2v) is 4.86. The molecule has 1 aromatic carbocycles. The van der Waals surface area contributed by atoms with Gasteiger partial charge < -0.3 is 9.73 Å². The maximum atomic E-state index is 11.4. The molecule has 1 heterocycles. The molecule has 0 saturated carbocycles. The predicted molar refractivity (Wildman–Crippen MR) is 71.6 cm³/mol. The predicted octanol–water partition coefficient (Wildman–Crippen LogP) is 1.75. The van der Waals surface area contributed by atoms with Gasteiger partial charge in [-0.25, -0.2) is 4.79 Å². The highest BCUT2D eigenvalue weighted by Gasteiger charge is 2.12. The largest absolute Gasteiger partial charge is 0.419 e. The van der Waals surface area contributed by atoms with Crippen molar-refractivity contribution in [1.29, 1.82) is 0 Å². The van der Waals surface area contributed by atoms with E-state index >= 15 is 0 Å². The Kier molecular flexibility index (Phi) is 3.59. The molecule has 0 aliphatic rings. The van der Waals surface area contributed by atoms with Crippen molar-refractivity contribution in [1.82, 2.24) is 9.88 Å². The Morgan fingerprint density at radius 2 is 2.29 bits per heavy atom. The molecule has 0 radical (unpaired) electrons. The summed E-state index contributed by atoms with van der Waals surface area (Å²) in [4.78, 5) is 11.4. The number of oxazole rings is 1. The standard InChI is InChI=1S/C12H16N2O2S/c1-13-9(7-17-3)8-4-5-11-10(6-8)14(2)12(15)16-11/h4-6,9,13H,7H2,1-3H3. The van der Waals surface area contributed by atoms with Crippen molar-refractivity contribution in [2.75, 3.05) is 19.1 Å². The summed E-state index contributed by atoms with van der Waals surface area (Å²) < 4.78 is 6.64. The zero-order valence-corrected chi connectivity index (χ0v) is 11.0. The van der Waals surface area contributed by atoms with Crippen LogP contribution in [-0.4, -0.2) is 23.6 Å². The van der Waals surface area contributed by atoms with Crippen molar-refractivity contribution in [2.45, 2.75) is 6.04 Å². The molecule has 0 aliphatic heterocycles. The van der Waals surface area contributed by atoms with E-state index in [1.807, 2.05) is 25.2 Å². The number of benzene rings is 1. The van der Waals surface area contributed by atoms with Crippen LogP contribution in [0.15, 0.2) is 27.4 Å². The Morgan fingerprint density at radius 1 is 1.53 bits per heavy atom. The summed E-state index contributed by atoms with van der Waals surface area (Å²) in [6, 6.07) is 6.16. The normalized spacial score (nSPS) is 13.1. The summed E-state index contributed by atoms with van der Waals surface area (Å²) in [5, 5.41) is 3.27. The molecule has 0 saturated heterocycles. The van der Waals surface area contributed by atoms with Crippen LogP contribution in [0.5, 0.6) is 0 Å². The average molecular weight is 252 g/mol. The Hall–Kier alpha value is -1.20. The quantitative estimate of drug-likeness (QED) is 0.900. The van der Waals surface area contributed by atoms with Crippen LogP contribution in [0.2, 0.25) is 0 Å². The molecule has 0 spiro atoms. The fourth-order valence-corrected chi connectivity index (χ4v) is 2.57. The maximum Gasteiger partial charge on any atom is 0.419 e. The average Bonchev–Trinajstić information content (AvgIpc) is 2.62. The second kappa shape index (κ2) is 4.98. The van der Waals surface area contributed by atoms with Crippen LogP contribution in [0.3, 0.4) is 0 Å². The van der Waals surface area contributed by atoms with Gasteiger partial charge in [0.1, 0.15) is 0 Å². The Morgan fingerprint density at radius 3 is 2.94 bits per heavy atom. The Labute approximate surface area is 104 Å². The topological polar surface area (TPSA) is 47.2 Å². The van der Waals surface area contributed by atoms with Gasteiger partial charge in [0, 0.05) is 18.8 Å². The van der Waals surface area contributed by atoms with Gasteiger partial charge in [0.05, 0.1) is 5.52 Å². The van der Waals surface area contributed by atoms with E-state index in [1.54, 1.807) is 18.8 Å². The number of hydrogen-bond donors (Lipinski definition) is 1. The molecule has 0 aliphatic carbocycles. The molecule has 4 nitrogen and oxygen atoms in total. The molecule has 92 valence electrons. The minimum atomic E-state index is -0.317. The number of fused-ring (bicyclic) bond motifs is 1. The maximum absolute atomic E-state index is 11.4. The number of nitrogens with zero attached hydrogens (tertiary/aromatic N) is 1. The lowest BCUT2D eigenvalue weighted by Gasteiger charge is -2.15. The van der Waals surface area contributed by atoms with E-state index in [1.165, 1.54) is 10.1 Å². The van der Waals surface area contributed by atoms with Gasteiger partial charge in [-0.3, -0.25) is 4.57 Å². The number of rotatable bonds is 4. The summed E-state index contributed by atoms with van der Waals surface area (Å²) in [6.45, 7) is 0. The molecule has 0 bridgehead atoms. The highest BCUT2D eigenvalue weighted by molar-refractivity contribution is 7.98. The molecule has 1 unspecified atom stereocenters. The highest BCUT2D eigenvalue weighted by Crippen LogP contribution is 2.21. The van der Waals surface area contributed by atoms with Crippen LogP contribution in [-0.2, 0) is 7.05 Å². The zero-order chi connectivity index (χ0) is 12.4. The van der Waals surface area contributed by atoms with E-state index < -0.39 is 0 Å². The van der Waals surface area contributed by atoms with Crippen LogP contribution in [0.25, 0.3) is 11.1 Å². The molecule has 1 atom stereocenters. The summed E-state index contributed by atoms with van der Waals surface area (Å²) in [6.07, 6.45) is 2.08. The summed E-state index contributed by atoms with van der Waals surface area (Å²) >= 11 is 1.79. The lowest BCUT2D eigenvalue weighted by Crippen LogP contribution is -2.18. The van der Waals surface area contributed by atoms with Crippen molar-refractivity contribution in [2.24, 2.45) is 7.05 Å². The monoisotopic (exact) mass is 252 g/mol. The molecule has 2 rings (SSSR count). The molecule has 2 aromatic rings. The van der Waals surface area contributed by atoms with E-state index in [0.29, 0.717) is 11.6 Å². The first kappa shape index (κ1) is 12.3. The van der Waals surface area contributed by atoms with Crippen LogP contribution < -0.4 is 11.1 Å². The third kappa shape index (κ3) is 2.25. The highest BCUT2D eigenvalue weighted by atomic mass is 32.2. The number of aromatic nitrogens is 1. The number of aryl methyl sites for hydroxylation is 1. The summed E-state index contributed by atoms with van der Waals surface area (Å²) in [5.41, 5.74) is 2.65. The van der Waals surface area contributed by atoms with Crippen molar-refractivity contribution in [3.63, 3.8) is 0 Å². The van der Waals surface area contributed by atoms with Crippen LogP contribution >= 0.6 is 11.8 Å². The van der Waals surface area contributed by atoms with Crippen LogP contribution in [0.4, 0.5) is 0 Å². The smallest absolute Gasteiger partial charge is 0.408 e. The van der Waals surface area contributed by atoms with Gasteiger partial charge in [0.15, 0.2) is 5.58 Å². The van der Waals surface area contributed by atoms with E-state index in [-0.39, 0.29) is 5.76 Å². The van der Waals surface area contributed by atoms with E-state index in [4.69, 9.17) is 4.42 Å². The lowest BCUT2D eigenvalue weighted by molar-refractivity contribution is 0.528. The summed E-state index contributed by atoms with van der Waals surface area (Å²) in [5.74, 6) is 0.677. The fraction of sp³-hybridized carbons (Fsp3) is 0.417. The molecule has 5 heteroatoms. The summed E-state index contributed by atoms with van der Waals surface area (Å²) in [7, 11) is 3.67. The van der Waals surface area contributed by atoms with Gasteiger partial charge in [-0.1, -0.05) is 6.07 Å². The van der Waals surface area contributed by atoms with E-state index in [2.05, 4.69) is 11.6 Å². The first-order valence-corrected chi connectivity index (χ1v) is 6.82. The molecule has 1 N–H and O–H groups in total. The van der Waals surface area contributed by atoms with Gasteiger partial charge in [-0.15, -0.1) is 0 Å². The van der Waals surface area contributed by atoms with E-state index in [9.17, 15) is 4.79 Å². The Bertz CT molecular complexity index is 573. The van der Waals surface area contributed by atoms with Crippen molar-refractivity contribution in [3.8, 4) is 0 Å². The number of nitrogens with one attached hydrogen (secondary N) is 1. The van der Waals surface area contributed by atoms with Gasteiger partial charge >= 0.3 is 5.76 Å². The number of thioether (sulfide) groups is 1. The zero-order valence-electron chi connectivity index (χ0n) is 10.2. The first-order valence-electron chi connectivity index (χ1n) is 5.43. The van der Waals surface area contributed by atoms with Crippen LogP contribution in [0.1, 0.15) is 11.6 Å². The first-order chi connectivity index (χ1) is 8.17. The Balaban J connectivity index is 2.49. The van der Waals surface area contributed by atoms with Crippen molar-refractivity contribution >= 4 is 22.9 Å². The van der Waals surface area contributed by atoms with Gasteiger partial charge in [0.2, 0.25) is 0 Å². The lowest BCUT2D eigenvalue weighted by atomic mass is 10.1. The minimum Gasteiger partial charge on any atom is -0.408 e. The number of hydrogen-bond acceptors (Lipinski definition) is 4. The molecule has 1 aromatic heterocycles. The molecular weight excluding hydrogens is 236 g/mol. The third-order valence-corrected chi connectivity index (χ3v) is 3.57. The van der Waals surface area contributed by atoms with Gasteiger partial charge in [0.25, 0.3) is 0 Å². The molecular formula is C12H16N2O2S. The third-order valence-electron chi connectivity index (χ3n) is 2.90. The van der Waals surface area contributed by atoms with Gasteiger partial charge in [-0.2, -0.15) is 11.8 Å². The SMILES string of the molecule is CNC(CSC)c1ccc2oc(=O)n(C)c2c1. The molecule has 17 heavy (non-hydrogen) atoms. The van der Waals surface area contributed by atoms with E-state index in [0.717, 1.165) is 11.3 Å². The van der Waals surface area contributed by atoms with Crippen molar-refractivity contribution in [3.05, 3.63) is 34.3 Å². The van der Waals surface area contributed by atoms with Crippen molar-refractivity contribution < 1.29 is 4.42 Å². The molecule has 0 fully saturated rings.